The topological polar surface area (TPSA) is 69.2 Å². The van der Waals surface area contributed by atoms with E-state index in [9.17, 15) is 0 Å². The van der Waals surface area contributed by atoms with Gasteiger partial charge in [0.05, 0.1) is 0 Å². The van der Waals surface area contributed by atoms with Crippen LogP contribution in [-0.4, -0.2) is 24.7 Å². The van der Waals surface area contributed by atoms with Gasteiger partial charge in [0.2, 0.25) is 0 Å². The Kier molecular flexibility index (Phi) is 25.5. The van der Waals surface area contributed by atoms with Crippen LogP contribution in [0.5, 0.6) is 0 Å². The number of rotatable bonds is 0. The van der Waals surface area contributed by atoms with Gasteiger partial charge in [-0.1, -0.05) is 0 Å². The Morgan fingerprint density at radius 1 is 1.00 bits per heavy atom. The van der Waals surface area contributed by atoms with Gasteiger partial charge in [-0.15, -0.1) is 0 Å². The van der Waals surface area contributed by atoms with Gasteiger partial charge in [-0.3, -0.25) is 7.32 Å². The average Bonchev–Trinajstić information content (AvgIpc) is 0.811. The Labute approximate surface area is 71.9 Å². The molecule has 0 saturated heterocycles. The second-order valence-corrected chi connectivity index (χ2v) is 0.289. The molecule has 27 valence electrons. The predicted molar refractivity (Wildman–Crippen MR) is 11.5 cm³/mol. The molecule has 1 radical (unpaired) electrons. The Morgan fingerprint density at radius 3 is 1.00 bits per heavy atom. The molecule has 0 spiro atoms. The quantitative estimate of drug-likeness (QED) is 0.349. The Bertz CT molecular complexity index is 15.5. The molecule has 0 aromatic heterocycles. The van der Waals surface area contributed by atoms with Crippen LogP contribution in [0, 0.1) is 0 Å². The summed E-state index contributed by atoms with van der Waals surface area (Å²) < 4.78 is 0. The van der Waals surface area contributed by atoms with Crippen LogP contribution in [-0.2, 0) is 32.7 Å². The third kappa shape index (κ3) is 46.8. The van der Waals surface area contributed by atoms with Crippen molar-refractivity contribution in [2.24, 2.45) is 0 Å². The molecule has 0 atom stereocenters. The summed E-state index contributed by atoms with van der Waals surface area (Å²) in [5, 5.41) is 25.2. The van der Waals surface area contributed by atoms with Crippen LogP contribution in [0.4, 0.5) is 0 Å². The molecule has 0 aromatic rings. The maximum Gasteiger partial charge on any atom is 3.00 e. The molecule has 0 amide bonds. The van der Waals surface area contributed by atoms with Gasteiger partial charge < -0.3 is 15.1 Å². The van der Waals surface area contributed by atoms with E-state index in [0.717, 1.165) is 0 Å². The van der Waals surface area contributed by atoms with E-state index in [2.05, 4.69) is 0 Å². The second-order valence-electron chi connectivity index (χ2n) is 0.289. The first-order valence-corrected chi connectivity index (χ1v) is 0.707. The van der Waals surface area contributed by atoms with Crippen molar-refractivity contribution in [3.63, 3.8) is 0 Å². The molecule has 0 N–H and O–H groups in total. The summed E-state index contributed by atoms with van der Waals surface area (Å²) in [6.45, 7) is 0. The van der Waals surface area contributed by atoms with E-state index in [1.54, 1.807) is 0 Å². The molecule has 0 fully saturated rings. The van der Waals surface area contributed by atoms with Gasteiger partial charge in [0.1, 0.15) is 0 Å². The molecule has 0 aliphatic heterocycles. The molecule has 6 heavy (non-hydrogen) atoms. The summed E-state index contributed by atoms with van der Waals surface area (Å²) in [6.07, 6.45) is 0. The van der Waals surface area contributed by atoms with E-state index in [-0.39, 0.29) is 50.1 Å². The van der Waals surface area contributed by atoms with Gasteiger partial charge in [-0.05, 0) is 0 Å². The molecule has 0 aliphatic carbocycles. The van der Waals surface area contributed by atoms with Crippen molar-refractivity contribution in [2.45, 2.75) is 0 Å². The van der Waals surface area contributed by atoms with Crippen LogP contribution in [0.1, 0.15) is 0 Å². The molecule has 6 heteroatoms. The van der Waals surface area contributed by atoms with Crippen LogP contribution in [0.2, 0.25) is 0 Å². The third-order valence-electron chi connectivity index (χ3n) is 0. The van der Waals surface area contributed by atoms with Crippen LogP contribution < -0.4 is 15.1 Å². The fraction of sp³-hybridized carbons (Fsp3) is 0. The van der Waals surface area contributed by atoms with Crippen molar-refractivity contribution in [3.05, 3.63) is 0 Å². The number of hydrogen-bond donors (Lipinski definition) is 0. The minimum absolute atomic E-state index is 0. The maximum absolute atomic E-state index is 8.42. The summed E-state index contributed by atoms with van der Waals surface area (Å²) in [5.41, 5.74) is 0. The third-order valence-corrected chi connectivity index (χ3v) is 0. The first-order chi connectivity index (χ1) is 1.73. The van der Waals surface area contributed by atoms with Gasteiger partial charge in [0, 0.05) is 32.7 Å². The van der Waals surface area contributed by atoms with Gasteiger partial charge in [0.25, 0.3) is 0 Å². The standard InChI is InChI=1S/Al.BO3.Y/c;2-1(3)4;/q+3;-3;. The van der Waals surface area contributed by atoms with Crippen molar-refractivity contribution in [3.8, 4) is 0 Å². The molecular weight excluding hydrogens is 175 g/mol. The first kappa shape index (κ1) is 15.6. The molecule has 0 aliphatic rings. The van der Waals surface area contributed by atoms with Crippen molar-refractivity contribution >= 4 is 24.7 Å². The smallest absolute Gasteiger partial charge is 0.907 e. The van der Waals surface area contributed by atoms with Gasteiger partial charge in [-0.25, -0.2) is 0 Å². The Balaban J connectivity index is -0.0000000450. The zero-order valence-electron chi connectivity index (χ0n) is 2.96. The predicted octanol–water partition coefficient (Wildman–Crippen LogP) is -4.33. The Hall–Kier alpha value is 1.58. The monoisotopic (exact) mass is 175 g/mol. The van der Waals surface area contributed by atoms with E-state index in [1.165, 1.54) is 0 Å². The largest absolute Gasteiger partial charge is 3.00 e. The molecular formula is AlBO3Y. The number of hydrogen-bond acceptors (Lipinski definition) is 3. The Morgan fingerprint density at radius 2 is 1.00 bits per heavy atom. The molecule has 0 rings (SSSR count). The molecule has 0 aromatic carbocycles. The zero-order chi connectivity index (χ0) is 3.58. The molecule has 0 saturated carbocycles. The fourth-order valence-electron chi connectivity index (χ4n) is 0. The summed E-state index contributed by atoms with van der Waals surface area (Å²) in [5.74, 6) is 0. The normalized spacial score (nSPS) is 4.50. The van der Waals surface area contributed by atoms with Crippen LogP contribution in [0.3, 0.4) is 0 Å². The molecule has 0 bridgehead atoms. The fourth-order valence-corrected chi connectivity index (χ4v) is 0. The van der Waals surface area contributed by atoms with E-state index >= 15 is 0 Å². The van der Waals surface area contributed by atoms with Crippen molar-refractivity contribution < 1.29 is 47.8 Å². The van der Waals surface area contributed by atoms with Crippen LogP contribution >= 0.6 is 0 Å². The molecule has 0 heterocycles. The maximum atomic E-state index is 8.42. The zero-order valence-corrected chi connectivity index (χ0v) is 6.95. The van der Waals surface area contributed by atoms with Gasteiger partial charge >= 0.3 is 17.4 Å². The van der Waals surface area contributed by atoms with Crippen LogP contribution in [0.15, 0.2) is 0 Å². The molecule has 3 nitrogen and oxygen atoms in total. The second kappa shape index (κ2) is 9.77. The van der Waals surface area contributed by atoms with Gasteiger partial charge in [-0.2, -0.15) is 0 Å². The minimum Gasteiger partial charge on any atom is -0.907 e. The van der Waals surface area contributed by atoms with Crippen molar-refractivity contribution in [2.75, 3.05) is 0 Å². The van der Waals surface area contributed by atoms with E-state index in [0.29, 0.717) is 0 Å². The van der Waals surface area contributed by atoms with E-state index in [1.807, 2.05) is 0 Å². The SMILES string of the molecule is [Al+3].[O-]B([O-])[O-].[Y]. The summed E-state index contributed by atoms with van der Waals surface area (Å²) >= 11 is 0. The van der Waals surface area contributed by atoms with E-state index < -0.39 is 7.32 Å². The summed E-state index contributed by atoms with van der Waals surface area (Å²) in [4.78, 5) is 0. The first-order valence-electron chi connectivity index (χ1n) is 0.707. The average molecular weight is 175 g/mol. The van der Waals surface area contributed by atoms with E-state index in [4.69, 9.17) is 15.1 Å². The molecule has 0 unspecified atom stereocenters. The summed E-state index contributed by atoms with van der Waals surface area (Å²) in [7, 11) is -2.92. The van der Waals surface area contributed by atoms with Crippen molar-refractivity contribution in [1.29, 1.82) is 0 Å². The van der Waals surface area contributed by atoms with Crippen LogP contribution in [0.25, 0.3) is 0 Å². The van der Waals surface area contributed by atoms with Gasteiger partial charge in [0.15, 0.2) is 0 Å². The minimum atomic E-state index is -2.92. The summed E-state index contributed by atoms with van der Waals surface area (Å²) in [6, 6.07) is 0. The van der Waals surface area contributed by atoms with Crippen molar-refractivity contribution in [1.82, 2.24) is 0 Å².